The first-order valence-electron chi connectivity index (χ1n) is 6.94. The monoisotopic (exact) mass is 242 g/mol. The van der Waals surface area contributed by atoms with Crippen LogP contribution in [-0.2, 0) is 4.74 Å². The lowest BCUT2D eigenvalue weighted by molar-refractivity contribution is -0.0194. The Hall–Kier alpha value is -0.120. The second-order valence-corrected chi connectivity index (χ2v) is 6.18. The first kappa shape index (κ1) is 14.9. The standard InChI is InChI=1S/C14H30N2O/c1-11(10-14(3,4)17-5)16-9-7-6-8-13(16)12(2)15/h11-13H,6-10,15H2,1-5H3. The second kappa shape index (κ2) is 6.17. The van der Waals surface area contributed by atoms with E-state index in [1.165, 1.54) is 25.8 Å². The summed E-state index contributed by atoms with van der Waals surface area (Å²) in [6.45, 7) is 9.95. The van der Waals surface area contributed by atoms with Gasteiger partial charge in [0.2, 0.25) is 0 Å². The molecule has 17 heavy (non-hydrogen) atoms. The Kier molecular flexibility index (Phi) is 5.42. The Bertz CT molecular complexity index is 228. The second-order valence-electron chi connectivity index (χ2n) is 6.18. The van der Waals surface area contributed by atoms with E-state index < -0.39 is 0 Å². The van der Waals surface area contributed by atoms with Gasteiger partial charge in [0.1, 0.15) is 0 Å². The Morgan fingerprint density at radius 3 is 2.53 bits per heavy atom. The van der Waals surface area contributed by atoms with E-state index in [-0.39, 0.29) is 11.6 Å². The molecule has 0 aromatic rings. The maximum absolute atomic E-state index is 6.12. The van der Waals surface area contributed by atoms with Gasteiger partial charge in [-0.25, -0.2) is 0 Å². The largest absolute Gasteiger partial charge is 0.379 e. The van der Waals surface area contributed by atoms with Gasteiger partial charge in [-0.3, -0.25) is 4.90 Å². The van der Waals surface area contributed by atoms with E-state index in [0.29, 0.717) is 12.1 Å². The van der Waals surface area contributed by atoms with Crippen molar-refractivity contribution in [3.63, 3.8) is 0 Å². The van der Waals surface area contributed by atoms with E-state index in [9.17, 15) is 0 Å². The minimum atomic E-state index is -0.0424. The summed E-state index contributed by atoms with van der Waals surface area (Å²) < 4.78 is 5.54. The highest BCUT2D eigenvalue weighted by Gasteiger charge is 2.31. The molecule has 3 heteroatoms. The molecule has 3 atom stereocenters. The molecule has 0 aromatic carbocycles. The zero-order valence-corrected chi connectivity index (χ0v) is 12.2. The maximum atomic E-state index is 6.12. The van der Waals surface area contributed by atoms with E-state index in [1.807, 2.05) is 0 Å². The number of likely N-dealkylation sites (tertiary alicyclic amines) is 1. The van der Waals surface area contributed by atoms with Crippen LogP contribution in [0.3, 0.4) is 0 Å². The lowest BCUT2D eigenvalue weighted by atomic mass is 9.91. The fourth-order valence-corrected chi connectivity index (χ4v) is 3.00. The van der Waals surface area contributed by atoms with Crippen molar-refractivity contribution >= 4 is 0 Å². The summed E-state index contributed by atoms with van der Waals surface area (Å²) in [6, 6.07) is 1.36. The van der Waals surface area contributed by atoms with Gasteiger partial charge >= 0.3 is 0 Å². The zero-order valence-electron chi connectivity index (χ0n) is 12.2. The molecule has 0 bridgehead atoms. The van der Waals surface area contributed by atoms with Crippen molar-refractivity contribution in [2.24, 2.45) is 5.73 Å². The number of rotatable bonds is 5. The molecule has 2 N–H and O–H groups in total. The van der Waals surface area contributed by atoms with Gasteiger partial charge in [0, 0.05) is 25.2 Å². The molecule has 0 amide bonds. The molecular weight excluding hydrogens is 212 g/mol. The normalized spacial score (nSPS) is 26.8. The van der Waals surface area contributed by atoms with Crippen LogP contribution in [0, 0.1) is 0 Å². The molecule has 3 unspecified atom stereocenters. The number of methoxy groups -OCH3 is 1. The van der Waals surface area contributed by atoms with E-state index in [0.717, 1.165) is 6.42 Å². The number of hydrogen-bond acceptors (Lipinski definition) is 3. The van der Waals surface area contributed by atoms with Gasteiger partial charge in [-0.05, 0) is 53.5 Å². The minimum absolute atomic E-state index is 0.0424. The summed E-state index contributed by atoms with van der Waals surface area (Å²) in [5, 5.41) is 0. The van der Waals surface area contributed by atoms with Crippen molar-refractivity contribution in [2.75, 3.05) is 13.7 Å². The third kappa shape index (κ3) is 4.23. The molecule has 1 rings (SSSR count). The maximum Gasteiger partial charge on any atom is 0.0637 e. The fourth-order valence-electron chi connectivity index (χ4n) is 3.00. The first-order valence-corrected chi connectivity index (χ1v) is 6.94. The zero-order chi connectivity index (χ0) is 13.1. The Morgan fingerprint density at radius 1 is 1.35 bits per heavy atom. The third-order valence-corrected chi connectivity index (χ3v) is 4.10. The summed E-state index contributed by atoms with van der Waals surface area (Å²) >= 11 is 0. The first-order chi connectivity index (χ1) is 7.87. The molecule has 0 saturated carbocycles. The quantitative estimate of drug-likeness (QED) is 0.804. The average molecular weight is 242 g/mol. The Morgan fingerprint density at radius 2 is 2.00 bits per heavy atom. The Labute approximate surface area is 107 Å². The number of ether oxygens (including phenoxy) is 1. The van der Waals surface area contributed by atoms with Gasteiger partial charge in [-0.15, -0.1) is 0 Å². The van der Waals surface area contributed by atoms with Crippen LogP contribution in [0.5, 0.6) is 0 Å². The molecule has 0 spiro atoms. The molecule has 1 saturated heterocycles. The van der Waals surface area contributed by atoms with Crippen LogP contribution in [0.4, 0.5) is 0 Å². The molecule has 1 fully saturated rings. The molecule has 0 aliphatic carbocycles. The topological polar surface area (TPSA) is 38.5 Å². The molecule has 0 aromatic heterocycles. The van der Waals surface area contributed by atoms with Gasteiger partial charge in [0.15, 0.2) is 0 Å². The van der Waals surface area contributed by atoms with E-state index in [4.69, 9.17) is 10.5 Å². The fraction of sp³-hybridized carbons (Fsp3) is 1.00. The molecule has 102 valence electrons. The summed E-state index contributed by atoms with van der Waals surface area (Å²) in [7, 11) is 1.80. The molecule has 1 aliphatic heterocycles. The highest BCUT2D eigenvalue weighted by atomic mass is 16.5. The van der Waals surface area contributed by atoms with Crippen LogP contribution in [0.1, 0.15) is 53.4 Å². The van der Waals surface area contributed by atoms with Gasteiger partial charge in [-0.1, -0.05) is 6.42 Å². The highest BCUT2D eigenvalue weighted by molar-refractivity contribution is 4.88. The van der Waals surface area contributed by atoms with Crippen molar-refractivity contribution in [2.45, 2.75) is 77.1 Å². The van der Waals surface area contributed by atoms with Crippen molar-refractivity contribution in [1.29, 1.82) is 0 Å². The summed E-state index contributed by atoms with van der Waals surface area (Å²) in [5.41, 5.74) is 6.08. The number of nitrogens with two attached hydrogens (primary N) is 1. The van der Waals surface area contributed by atoms with Gasteiger partial charge < -0.3 is 10.5 Å². The number of nitrogens with zero attached hydrogens (tertiary/aromatic N) is 1. The highest BCUT2D eigenvalue weighted by Crippen LogP contribution is 2.26. The van der Waals surface area contributed by atoms with Crippen molar-refractivity contribution < 1.29 is 4.74 Å². The predicted octanol–water partition coefficient (Wildman–Crippen LogP) is 2.39. The molecule has 1 heterocycles. The van der Waals surface area contributed by atoms with E-state index in [2.05, 4.69) is 32.6 Å². The van der Waals surface area contributed by atoms with Crippen LogP contribution in [0.15, 0.2) is 0 Å². The van der Waals surface area contributed by atoms with E-state index in [1.54, 1.807) is 7.11 Å². The van der Waals surface area contributed by atoms with Crippen LogP contribution < -0.4 is 5.73 Å². The van der Waals surface area contributed by atoms with Gasteiger partial charge in [0.05, 0.1) is 5.60 Å². The van der Waals surface area contributed by atoms with Crippen LogP contribution in [-0.4, -0.2) is 42.3 Å². The van der Waals surface area contributed by atoms with Crippen molar-refractivity contribution in [1.82, 2.24) is 4.90 Å². The predicted molar refractivity (Wildman–Crippen MR) is 73.2 cm³/mol. The Balaban J connectivity index is 2.62. The molecule has 0 radical (unpaired) electrons. The van der Waals surface area contributed by atoms with Crippen molar-refractivity contribution in [3.05, 3.63) is 0 Å². The molecule has 1 aliphatic rings. The van der Waals surface area contributed by atoms with Gasteiger partial charge in [-0.2, -0.15) is 0 Å². The lowest BCUT2D eigenvalue weighted by Crippen LogP contribution is -2.53. The molecular formula is C14H30N2O. The third-order valence-electron chi connectivity index (χ3n) is 4.10. The van der Waals surface area contributed by atoms with Crippen LogP contribution in [0.2, 0.25) is 0 Å². The van der Waals surface area contributed by atoms with Crippen LogP contribution in [0.25, 0.3) is 0 Å². The smallest absolute Gasteiger partial charge is 0.0637 e. The minimum Gasteiger partial charge on any atom is -0.379 e. The average Bonchev–Trinajstić information content (AvgIpc) is 2.28. The SMILES string of the molecule is COC(C)(C)CC(C)N1CCCCC1C(C)N. The molecule has 3 nitrogen and oxygen atoms in total. The van der Waals surface area contributed by atoms with Gasteiger partial charge in [0.25, 0.3) is 0 Å². The van der Waals surface area contributed by atoms with E-state index >= 15 is 0 Å². The summed E-state index contributed by atoms with van der Waals surface area (Å²) in [5.74, 6) is 0. The summed E-state index contributed by atoms with van der Waals surface area (Å²) in [6.07, 6.45) is 4.94. The van der Waals surface area contributed by atoms with Crippen molar-refractivity contribution in [3.8, 4) is 0 Å². The number of hydrogen-bond donors (Lipinski definition) is 1. The summed E-state index contributed by atoms with van der Waals surface area (Å²) in [4.78, 5) is 2.59. The lowest BCUT2D eigenvalue weighted by Gasteiger charge is -2.43. The van der Waals surface area contributed by atoms with Crippen LogP contribution >= 0.6 is 0 Å². The number of piperidine rings is 1.